The average molecular weight is 355 g/mol. The largest absolute Gasteiger partial charge is 0.440 e. The number of nitrogens with zero attached hydrogens (tertiary/aromatic N) is 2. The van der Waals surface area contributed by atoms with Crippen molar-refractivity contribution in [3.05, 3.63) is 58.8 Å². The van der Waals surface area contributed by atoms with Crippen molar-refractivity contribution in [2.45, 2.75) is 19.9 Å². The van der Waals surface area contributed by atoms with E-state index in [4.69, 9.17) is 4.42 Å². The molecule has 25 heavy (non-hydrogen) atoms. The fourth-order valence-electron chi connectivity index (χ4n) is 2.42. The van der Waals surface area contributed by atoms with Gasteiger partial charge in [-0.1, -0.05) is 18.2 Å². The predicted molar refractivity (Wildman–Crippen MR) is 101 cm³/mol. The van der Waals surface area contributed by atoms with E-state index >= 15 is 0 Å². The highest BCUT2D eigenvalue weighted by atomic mass is 32.1. The van der Waals surface area contributed by atoms with Crippen LogP contribution in [0.1, 0.15) is 17.0 Å². The molecule has 0 aliphatic heterocycles. The number of oxazole rings is 1. The second-order valence-corrected chi connectivity index (χ2v) is 6.96. The van der Waals surface area contributed by atoms with E-state index in [1.54, 1.807) is 11.3 Å². The number of anilines is 1. The van der Waals surface area contributed by atoms with Crippen molar-refractivity contribution in [2.75, 3.05) is 19.0 Å². The van der Waals surface area contributed by atoms with Crippen LogP contribution in [0.3, 0.4) is 0 Å². The minimum atomic E-state index is -0.0641. The number of nitrogens with one attached hydrogen (secondary N) is 1. The van der Waals surface area contributed by atoms with Gasteiger partial charge in [-0.25, -0.2) is 4.98 Å². The molecule has 0 atom stereocenters. The van der Waals surface area contributed by atoms with E-state index in [-0.39, 0.29) is 12.3 Å². The number of carbonyl (C=O) groups is 1. The Kier molecular flexibility index (Phi) is 5.19. The molecule has 2 aromatic heterocycles. The topological polar surface area (TPSA) is 58.4 Å². The number of thiophene rings is 1. The van der Waals surface area contributed by atoms with Crippen LogP contribution >= 0.6 is 11.3 Å². The summed E-state index contributed by atoms with van der Waals surface area (Å²) in [4.78, 5) is 19.7. The van der Waals surface area contributed by atoms with Crippen molar-refractivity contribution in [3.63, 3.8) is 0 Å². The molecule has 0 radical (unpaired) electrons. The quantitative estimate of drug-likeness (QED) is 0.733. The Morgan fingerprint density at radius 1 is 1.24 bits per heavy atom. The summed E-state index contributed by atoms with van der Waals surface area (Å²) < 4.78 is 5.67. The standard InChI is InChI=1S/C19H21N3O2S/c1-13-16(21-19(24-13)17-5-4-10-25-17)11-18(23)20-12-14-6-8-15(9-7-14)22(2)3/h4-10H,11-12H2,1-3H3,(H,20,23). The van der Waals surface area contributed by atoms with E-state index in [9.17, 15) is 4.79 Å². The molecule has 1 N–H and O–H groups in total. The molecule has 6 heteroatoms. The molecule has 5 nitrogen and oxygen atoms in total. The first-order chi connectivity index (χ1) is 12.0. The normalized spacial score (nSPS) is 10.7. The van der Waals surface area contributed by atoms with Crippen LogP contribution in [0.2, 0.25) is 0 Å². The molecule has 1 aromatic carbocycles. The van der Waals surface area contributed by atoms with Crippen LogP contribution in [0.15, 0.2) is 46.2 Å². The molecule has 0 bridgehead atoms. The number of hydrogen-bond donors (Lipinski definition) is 1. The van der Waals surface area contributed by atoms with Crippen LogP contribution in [0.25, 0.3) is 10.8 Å². The Morgan fingerprint density at radius 3 is 2.64 bits per heavy atom. The van der Waals surface area contributed by atoms with Gasteiger partial charge < -0.3 is 14.6 Å². The van der Waals surface area contributed by atoms with E-state index in [0.29, 0.717) is 23.9 Å². The number of aryl methyl sites for hydroxylation is 1. The van der Waals surface area contributed by atoms with E-state index < -0.39 is 0 Å². The third-order valence-electron chi connectivity index (χ3n) is 3.90. The lowest BCUT2D eigenvalue weighted by molar-refractivity contribution is -0.120. The zero-order valence-corrected chi connectivity index (χ0v) is 15.4. The highest BCUT2D eigenvalue weighted by molar-refractivity contribution is 7.13. The van der Waals surface area contributed by atoms with Gasteiger partial charge in [0.05, 0.1) is 17.0 Å². The number of aromatic nitrogens is 1. The molecule has 0 aliphatic carbocycles. The van der Waals surface area contributed by atoms with Gasteiger partial charge in [-0.05, 0) is 36.1 Å². The summed E-state index contributed by atoms with van der Waals surface area (Å²) >= 11 is 1.57. The summed E-state index contributed by atoms with van der Waals surface area (Å²) in [6.45, 7) is 2.34. The Bertz CT molecular complexity index is 836. The highest BCUT2D eigenvalue weighted by Crippen LogP contribution is 2.26. The van der Waals surface area contributed by atoms with Gasteiger partial charge >= 0.3 is 0 Å². The Balaban J connectivity index is 1.57. The van der Waals surface area contributed by atoms with Crippen LogP contribution in [0.4, 0.5) is 5.69 Å². The monoisotopic (exact) mass is 355 g/mol. The van der Waals surface area contributed by atoms with Crippen molar-refractivity contribution < 1.29 is 9.21 Å². The van der Waals surface area contributed by atoms with Gasteiger partial charge in [0.2, 0.25) is 11.8 Å². The first-order valence-corrected chi connectivity index (χ1v) is 8.94. The molecule has 0 unspecified atom stereocenters. The summed E-state index contributed by atoms with van der Waals surface area (Å²) in [6.07, 6.45) is 0.219. The maximum atomic E-state index is 12.2. The first-order valence-electron chi connectivity index (χ1n) is 8.06. The SMILES string of the molecule is Cc1oc(-c2cccs2)nc1CC(=O)NCc1ccc(N(C)C)cc1. The second-order valence-electron chi connectivity index (χ2n) is 6.01. The van der Waals surface area contributed by atoms with Gasteiger partial charge in [0.15, 0.2) is 0 Å². The zero-order valence-electron chi connectivity index (χ0n) is 14.6. The van der Waals surface area contributed by atoms with Gasteiger partial charge in [0.25, 0.3) is 0 Å². The maximum absolute atomic E-state index is 12.2. The van der Waals surface area contributed by atoms with Crippen LogP contribution in [0, 0.1) is 6.92 Å². The van der Waals surface area contributed by atoms with Crippen LogP contribution in [-0.2, 0) is 17.8 Å². The summed E-state index contributed by atoms with van der Waals surface area (Å²) in [5.74, 6) is 1.20. The molecule has 0 aliphatic rings. The number of rotatable bonds is 6. The van der Waals surface area contributed by atoms with Crippen molar-refractivity contribution in [1.82, 2.24) is 10.3 Å². The average Bonchev–Trinajstić information content (AvgIpc) is 3.24. The van der Waals surface area contributed by atoms with E-state index in [2.05, 4.69) is 10.3 Å². The third kappa shape index (κ3) is 4.28. The fourth-order valence-corrected chi connectivity index (χ4v) is 3.07. The second kappa shape index (κ2) is 7.53. The molecule has 2 heterocycles. The van der Waals surface area contributed by atoms with Gasteiger partial charge in [0.1, 0.15) is 5.76 Å². The molecule has 130 valence electrons. The third-order valence-corrected chi connectivity index (χ3v) is 4.75. The molecule has 1 amide bonds. The van der Waals surface area contributed by atoms with Gasteiger partial charge in [-0.15, -0.1) is 11.3 Å². The van der Waals surface area contributed by atoms with Crippen LogP contribution < -0.4 is 10.2 Å². The van der Waals surface area contributed by atoms with Gasteiger partial charge in [0, 0.05) is 26.3 Å². The number of hydrogen-bond acceptors (Lipinski definition) is 5. The number of carbonyl (C=O) groups excluding carboxylic acids is 1. The van der Waals surface area contributed by atoms with Crippen LogP contribution in [-0.4, -0.2) is 25.0 Å². The molecular formula is C19H21N3O2S. The molecule has 0 saturated heterocycles. The summed E-state index contributed by atoms with van der Waals surface area (Å²) in [5, 5.41) is 4.91. The summed E-state index contributed by atoms with van der Waals surface area (Å²) in [6, 6.07) is 12.0. The minimum absolute atomic E-state index is 0.0641. The van der Waals surface area contributed by atoms with Crippen LogP contribution in [0.5, 0.6) is 0 Å². The smallest absolute Gasteiger partial charge is 0.236 e. The summed E-state index contributed by atoms with van der Waals surface area (Å²) in [5.41, 5.74) is 2.88. The lowest BCUT2D eigenvalue weighted by atomic mass is 10.2. The Hall–Kier alpha value is -2.60. The maximum Gasteiger partial charge on any atom is 0.236 e. The lowest BCUT2D eigenvalue weighted by Crippen LogP contribution is -2.25. The molecule has 3 rings (SSSR count). The zero-order chi connectivity index (χ0) is 17.8. The Morgan fingerprint density at radius 2 is 2.00 bits per heavy atom. The molecule has 3 aromatic rings. The number of benzene rings is 1. The van der Waals surface area contributed by atoms with Crippen molar-refractivity contribution in [1.29, 1.82) is 0 Å². The predicted octanol–water partition coefficient (Wildman–Crippen LogP) is 3.64. The van der Waals surface area contributed by atoms with E-state index in [0.717, 1.165) is 16.1 Å². The van der Waals surface area contributed by atoms with Gasteiger partial charge in [-0.3, -0.25) is 4.79 Å². The minimum Gasteiger partial charge on any atom is -0.440 e. The summed E-state index contributed by atoms with van der Waals surface area (Å²) in [7, 11) is 4.00. The Labute approximate surface area is 151 Å². The molecular weight excluding hydrogens is 334 g/mol. The van der Waals surface area contributed by atoms with Gasteiger partial charge in [-0.2, -0.15) is 0 Å². The first kappa shape index (κ1) is 17.2. The van der Waals surface area contributed by atoms with E-state index in [1.165, 1.54) is 0 Å². The van der Waals surface area contributed by atoms with Crippen molar-refractivity contribution in [3.8, 4) is 10.8 Å². The van der Waals surface area contributed by atoms with Crippen molar-refractivity contribution >= 4 is 22.9 Å². The number of amides is 1. The van der Waals surface area contributed by atoms with E-state index in [1.807, 2.05) is 67.7 Å². The fraction of sp³-hybridized carbons (Fsp3) is 0.263. The lowest BCUT2D eigenvalue weighted by Gasteiger charge is -2.12. The van der Waals surface area contributed by atoms with Crippen molar-refractivity contribution in [2.24, 2.45) is 0 Å². The molecule has 0 spiro atoms. The molecule has 0 saturated carbocycles. The molecule has 0 fully saturated rings. The highest BCUT2D eigenvalue weighted by Gasteiger charge is 2.15.